The number of amides is 2. The number of tetrazole rings is 2. The Bertz CT molecular complexity index is 1330. The van der Waals surface area contributed by atoms with Crippen molar-refractivity contribution in [2.24, 2.45) is 14.1 Å². The Morgan fingerprint density at radius 3 is 2.03 bits per heavy atom. The van der Waals surface area contributed by atoms with E-state index in [1.807, 2.05) is 25.2 Å². The van der Waals surface area contributed by atoms with Crippen LogP contribution in [0.3, 0.4) is 0 Å². The van der Waals surface area contributed by atoms with Crippen molar-refractivity contribution in [1.29, 1.82) is 0 Å². The van der Waals surface area contributed by atoms with Crippen molar-refractivity contribution in [2.75, 3.05) is 25.5 Å². The highest BCUT2D eigenvalue weighted by molar-refractivity contribution is 5.91. The third-order valence-electron chi connectivity index (χ3n) is 6.15. The molecule has 4 rings (SSSR count). The fourth-order valence-electron chi connectivity index (χ4n) is 4.31. The lowest BCUT2D eigenvalue weighted by molar-refractivity contribution is 0.251. The van der Waals surface area contributed by atoms with Crippen LogP contribution >= 0.6 is 0 Å². The summed E-state index contributed by atoms with van der Waals surface area (Å²) in [6.07, 6.45) is 1.73. The molecule has 0 fully saturated rings. The molecule has 0 unspecified atom stereocenters. The Kier molecular flexibility index (Phi) is 8.36. The van der Waals surface area contributed by atoms with E-state index >= 15 is 0 Å². The third kappa shape index (κ3) is 6.54. The van der Waals surface area contributed by atoms with Gasteiger partial charge in [0.1, 0.15) is 5.82 Å². The molecule has 2 heterocycles. The van der Waals surface area contributed by atoms with Crippen LogP contribution in [0.2, 0.25) is 0 Å². The maximum absolute atomic E-state index is 13.9. The molecule has 2 amide bonds. The summed E-state index contributed by atoms with van der Waals surface area (Å²) >= 11 is 0. The van der Waals surface area contributed by atoms with Gasteiger partial charge in [-0.1, -0.05) is 12.1 Å². The normalized spacial score (nSPS) is 11.2. The van der Waals surface area contributed by atoms with Gasteiger partial charge >= 0.3 is 6.03 Å². The number of benzene rings is 2. The number of carbonyl (C=O) groups is 1. The Morgan fingerprint density at radius 2 is 1.50 bits per heavy atom. The number of hydrogen-bond acceptors (Lipinski definition) is 8. The molecule has 0 aliphatic rings. The SMILES string of the molecule is Cc1cc(CN(C)CCCCNC(=O)Nc2cc(-c3nnnn3C)cc(-c3nnnn3C)c2)cc(C)c1F. The molecule has 2 N–H and O–H groups in total. The van der Waals surface area contributed by atoms with Crippen LogP contribution in [0.4, 0.5) is 14.9 Å². The predicted octanol–water partition coefficient (Wildman–Crippen LogP) is 2.86. The van der Waals surface area contributed by atoms with E-state index in [9.17, 15) is 9.18 Å². The number of rotatable bonds is 10. The van der Waals surface area contributed by atoms with E-state index in [4.69, 9.17) is 0 Å². The van der Waals surface area contributed by atoms with Crippen LogP contribution in [-0.4, -0.2) is 71.5 Å². The van der Waals surface area contributed by atoms with Crippen LogP contribution in [0.15, 0.2) is 30.3 Å². The molecule has 2 aromatic carbocycles. The molecular weight excluding hydrogens is 489 g/mol. The predicted molar refractivity (Wildman–Crippen MR) is 140 cm³/mol. The first-order chi connectivity index (χ1) is 18.2. The topological polar surface area (TPSA) is 132 Å². The number of carbonyl (C=O) groups excluding carboxylic acids is 1. The van der Waals surface area contributed by atoms with Crippen molar-refractivity contribution in [1.82, 2.24) is 50.6 Å². The van der Waals surface area contributed by atoms with Gasteiger partial charge in [-0.2, -0.15) is 0 Å². The molecule has 0 radical (unpaired) electrons. The lowest BCUT2D eigenvalue weighted by Gasteiger charge is -2.18. The number of anilines is 1. The van der Waals surface area contributed by atoms with E-state index in [1.54, 1.807) is 49.4 Å². The van der Waals surface area contributed by atoms with Gasteiger partial charge in [-0.3, -0.25) is 0 Å². The van der Waals surface area contributed by atoms with E-state index < -0.39 is 0 Å². The maximum Gasteiger partial charge on any atom is 0.319 e. The standard InChI is InChI=1S/C25H32FN11O/c1-16-10-18(11-17(2)22(16)26)15-35(3)9-7-6-8-27-25(38)28-21-13-19(23-29-31-33-36(23)4)12-20(14-21)24-30-32-34-37(24)5/h10-14H,6-9,15H2,1-5H3,(H2,27,28,38). The van der Waals surface area contributed by atoms with Crippen LogP contribution in [-0.2, 0) is 20.6 Å². The van der Waals surface area contributed by atoms with E-state index in [0.29, 0.717) is 46.1 Å². The first-order valence-electron chi connectivity index (χ1n) is 12.3. The minimum absolute atomic E-state index is 0.139. The van der Waals surface area contributed by atoms with Crippen LogP contribution in [0.1, 0.15) is 29.5 Å². The fraction of sp³-hybridized carbons (Fsp3) is 0.400. The molecule has 0 saturated heterocycles. The molecule has 2 aromatic heterocycles. The second-order valence-electron chi connectivity index (χ2n) is 9.42. The number of halogens is 1. The molecule has 12 nitrogen and oxygen atoms in total. The van der Waals surface area contributed by atoms with E-state index in [-0.39, 0.29) is 11.8 Å². The van der Waals surface area contributed by atoms with Crippen molar-refractivity contribution in [3.05, 3.63) is 52.8 Å². The fourth-order valence-corrected chi connectivity index (χ4v) is 4.31. The third-order valence-corrected chi connectivity index (χ3v) is 6.15. The summed E-state index contributed by atoms with van der Waals surface area (Å²) in [5.41, 5.74) is 4.42. The van der Waals surface area contributed by atoms with Crippen LogP contribution in [0, 0.1) is 19.7 Å². The Labute approximate surface area is 220 Å². The average molecular weight is 522 g/mol. The van der Waals surface area contributed by atoms with Crippen molar-refractivity contribution < 1.29 is 9.18 Å². The highest BCUT2D eigenvalue weighted by atomic mass is 19.1. The van der Waals surface area contributed by atoms with E-state index in [2.05, 4.69) is 46.6 Å². The monoisotopic (exact) mass is 521 g/mol. The molecule has 200 valence electrons. The summed E-state index contributed by atoms with van der Waals surface area (Å²) in [5.74, 6) is 0.945. The first kappa shape index (κ1) is 26.8. The molecule has 0 aliphatic carbocycles. The Hall–Kier alpha value is -4.26. The lowest BCUT2D eigenvalue weighted by Crippen LogP contribution is -2.30. The van der Waals surface area contributed by atoms with Crippen molar-refractivity contribution in [3.63, 3.8) is 0 Å². The van der Waals surface area contributed by atoms with Crippen LogP contribution in [0.5, 0.6) is 0 Å². The van der Waals surface area contributed by atoms with Gasteiger partial charge in [-0.25, -0.2) is 18.5 Å². The average Bonchev–Trinajstić information content (AvgIpc) is 3.49. The minimum atomic E-state index is -0.314. The zero-order valence-corrected chi connectivity index (χ0v) is 22.2. The molecule has 0 spiro atoms. The minimum Gasteiger partial charge on any atom is -0.338 e. The number of unbranched alkanes of at least 4 members (excludes halogenated alkanes) is 1. The molecule has 38 heavy (non-hydrogen) atoms. The number of urea groups is 1. The Balaban J connectivity index is 1.30. The zero-order chi connectivity index (χ0) is 27.2. The van der Waals surface area contributed by atoms with Gasteiger partial charge in [-0.05, 0) is 96.0 Å². The van der Waals surface area contributed by atoms with Crippen molar-refractivity contribution >= 4 is 11.7 Å². The summed E-state index contributed by atoms with van der Waals surface area (Å²) in [5, 5.41) is 29.1. The number of nitrogens with one attached hydrogen (secondary N) is 2. The highest BCUT2D eigenvalue weighted by Crippen LogP contribution is 2.27. The summed E-state index contributed by atoms with van der Waals surface area (Å²) in [4.78, 5) is 14.8. The van der Waals surface area contributed by atoms with Crippen LogP contribution in [0.25, 0.3) is 22.8 Å². The second kappa shape index (κ2) is 11.9. The summed E-state index contributed by atoms with van der Waals surface area (Å²) in [7, 11) is 5.52. The number of aromatic nitrogens is 8. The Morgan fingerprint density at radius 1 is 0.921 bits per heavy atom. The highest BCUT2D eigenvalue weighted by Gasteiger charge is 2.15. The second-order valence-corrected chi connectivity index (χ2v) is 9.42. The molecular formula is C25H32FN11O. The molecule has 0 saturated carbocycles. The quantitative estimate of drug-likeness (QED) is 0.305. The van der Waals surface area contributed by atoms with Crippen molar-refractivity contribution in [3.8, 4) is 22.8 Å². The zero-order valence-electron chi connectivity index (χ0n) is 22.2. The van der Waals surface area contributed by atoms with Gasteiger partial charge < -0.3 is 15.5 Å². The van der Waals surface area contributed by atoms with Crippen LogP contribution < -0.4 is 10.6 Å². The van der Waals surface area contributed by atoms with Gasteiger partial charge in [0.05, 0.1) is 0 Å². The summed E-state index contributed by atoms with van der Waals surface area (Å²) in [6, 6.07) is 8.94. The summed E-state index contributed by atoms with van der Waals surface area (Å²) in [6.45, 7) is 5.72. The lowest BCUT2D eigenvalue weighted by atomic mass is 10.1. The molecule has 13 heteroatoms. The largest absolute Gasteiger partial charge is 0.338 e. The molecule has 0 atom stereocenters. The van der Waals surface area contributed by atoms with Crippen molar-refractivity contribution in [2.45, 2.75) is 33.2 Å². The molecule has 0 aliphatic heterocycles. The van der Waals surface area contributed by atoms with E-state index in [0.717, 1.165) is 31.5 Å². The number of nitrogens with zero attached hydrogens (tertiary/aromatic N) is 9. The van der Waals surface area contributed by atoms with Gasteiger partial charge in [0.2, 0.25) is 0 Å². The number of hydrogen-bond donors (Lipinski definition) is 2. The van der Waals surface area contributed by atoms with Gasteiger partial charge in [0, 0.05) is 44.0 Å². The number of aryl methyl sites for hydroxylation is 4. The van der Waals surface area contributed by atoms with Gasteiger partial charge in [0.25, 0.3) is 0 Å². The molecule has 4 aromatic rings. The smallest absolute Gasteiger partial charge is 0.319 e. The van der Waals surface area contributed by atoms with Gasteiger partial charge in [-0.15, -0.1) is 10.2 Å². The van der Waals surface area contributed by atoms with Gasteiger partial charge in [0.15, 0.2) is 11.6 Å². The van der Waals surface area contributed by atoms with E-state index in [1.165, 1.54) is 0 Å². The first-order valence-corrected chi connectivity index (χ1v) is 12.3. The maximum atomic E-state index is 13.9. The molecule has 0 bridgehead atoms. The summed E-state index contributed by atoms with van der Waals surface area (Å²) < 4.78 is 17.0.